The first-order valence-electron chi connectivity index (χ1n) is 38.9. The smallest absolute Gasteiger partial charge is 0.241 e. The average molecular weight is 1370 g/mol. The van der Waals surface area contributed by atoms with Crippen molar-refractivity contribution in [2.45, 2.75) is 266 Å². The fourth-order valence-corrected chi connectivity index (χ4v) is 16.9. The van der Waals surface area contributed by atoms with Gasteiger partial charge < -0.3 is 46.3 Å². The molecule has 1 aromatic heterocycles. The van der Waals surface area contributed by atoms with Gasteiger partial charge in [0.05, 0.1) is 42.9 Å². The maximum absolute atomic E-state index is 16.2. The number of rotatable bonds is 34. The second-order valence-electron chi connectivity index (χ2n) is 30.4. The summed E-state index contributed by atoms with van der Waals surface area (Å²) < 4.78 is 29.6. The molecule has 1 unspecified atom stereocenters. The Morgan fingerprint density at radius 2 is 1.45 bits per heavy atom. The fourth-order valence-electron chi connectivity index (χ4n) is 16.9. The van der Waals surface area contributed by atoms with Crippen LogP contribution in [0.3, 0.4) is 0 Å². The van der Waals surface area contributed by atoms with E-state index in [4.69, 9.17) is 14.5 Å². The van der Waals surface area contributed by atoms with Crippen molar-refractivity contribution < 1.29 is 37.8 Å². The van der Waals surface area contributed by atoms with Crippen molar-refractivity contribution in [3.63, 3.8) is 0 Å². The lowest BCUT2D eigenvalue weighted by atomic mass is 9.74. The number of carbonyl (C=O) groups is 5. The van der Waals surface area contributed by atoms with Gasteiger partial charge in [0.15, 0.2) is 5.78 Å². The third kappa shape index (κ3) is 16.3. The number of aryl methyl sites for hydroxylation is 1. The van der Waals surface area contributed by atoms with Gasteiger partial charge in [-0.05, 0) is 267 Å². The van der Waals surface area contributed by atoms with Crippen LogP contribution >= 0.6 is 0 Å². The molecular weight excluding hydrogens is 1250 g/mol. The van der Waals surface area contributed by atoms with Gasteiger partial charge in [-0.15, -0.1) is 0 Å². The Morgan fingerprint density at radius 1 is 0.760 bits per heavy atom. The molecule has 2 aliphatic heterocycles. The summed E-state index contributed by atoms with van der Waals surface area (Å²) in [6.07, 6.45) is 30.5. The van der Waals surface area contributed by atoms with Crippen molar-refractivity contribution >= 4 is 45.9 Å². The Bertz CT molecular complexity index is 3800. The number of nitrogens with zero attached hydrogens (tertiary/aromatic N) is 2. The van der Waals surface area contributed by atoms with Gasteiger partial charge in [-0.3, -0.25) is 24.0 Å². The predicted octanol–water partition coefficient (Wildman–Crippen LogP) is 15.6. The monoisotopic (exact) mass is 1360 g/mol. The van der Waals surface area contributed by atoms with E-state index in [0.29, 0.717) is 54.8 Å². The van der Waals surface area contributed by atoms with Crippen LogP contribution in [0.5, 0.6) is 0 Å². The molecule has 3 aromatic rings. The summed E-state index contributed by atoms with van der Waals surface area (Å²) in [6.45, 7) is 15.9. The van der Waals surface area contributed by atoms with Crippen molar-refractivity contribution in [1.82, 2.24) is 41.8 Å². The molecule has 0 bridgehead atoms. The summed E-state index contributed by atoms with van der Waals surface area (Å²) in [5, 5.41) is 21.9. The lowest BCUT2D eigenvalue weighted by Gasteiger charge is -2.36. The molecule has 538 valence electrons. The van der Waals surface area contributed by atoms with Gasteiger partial charge in [-0.2, -0.15) is 0 Å². The van der Waals surface area contributed by atoms with Gasteiger partial charge in [-0.1, -0.05) is 76.9 Å². The summed E-state index contributed by atoms with van der Waals surface area (Å²) in [6, 6.07) is 11.3. The molecule has 4 amide bonds. The zero-order valence-corrected chi connectivity index (χ0v) is 61.2. The molecule has 7 fully saturated rings. The largest absolute Gasteiger partial charge is 0.493 e. The van der Waals surface area contributed by atoms with Crippen LogP contribution in [0, 0.1) is 30.0 Å². The number of aromatic nitrogens is 1. The van der Waals surface area contributed by atoms with Gasteiger partial charge >= 0.3 is 0 Å². The number of benzene rings is 2. The van der Waals surface area contributed by atoms with Crippen LogP contribution in [0.4, 0.5) is 4.39 Å². The lowest BCUT2D eigenvalue weighted by molar-refractivity contribution is -0.127. The number of nitrogens with one attached hydrogen (secondary N) is 6. The molecular formula is C84H113FN8O7. The van der Waals surface area contributed by atoms with E-state index in [2.05, 4.69) is 89.6 Å². The normalized spacial score (nSPS) is 20.7. The molecule has 100 heavy (non-hydrogen) atoms. The van der Waals surface area contributed by atoms with E-state index in [0.717, 1.165) is 230 Å². The number of unbranched alkanes of at least 4 members (excludes halogenated alkanes) is 3. The fraction of sp³-hybridized carbons (Fsp3) is 0.595. The number of Topliss-reactive ketones (excluding diaryl/α,β-unsaturated/α-hetero) is 1. The maximum Gasteiger partial charge on any atom is 0.241 e. The van der Waals surface area contributed by atoms with Gasteiger partial charge in [-0.25, -0.2) is 9.37 Å². The third-order valence-electron chi connectivity index (χ3n) is 23.9. The lowest BCUT2D eigenvalue weighted by Crippen LogP contribution is -2.48. The highest BCUT2D eigenvalue weighted by Crippen LogP contribution is 2.52. The van der Waals surface area contributed by atoms with Crippen molar-refractivity contribution in [1.29, 1.82) is 0 Å². The van der Waals surface area contributed by atoms with Crippen molar-refractivity contribution in [2.75, 3.05) is 39.5 Å². The van der Waals surface area contributed by atoms with E-state index in [-0.39, 0.29) is 85.1 Å². The van der Waals surface area contributed by atoms with E-state index in [1.165, 1.54) is 51.1 Å². The van der Waals surface area contributed by atoms with Crippen LogP contribution in [0.2, 0.25) is 0 Å². The summed E-state index contributed by atoms with van der Waals surface area (Å²) >= 11 is 0. The van der Waals surface area contributed by atoms with Gasteiger partial charge in [0.25, 0.3) is 0 Å². The molecule has 6 N–H and O–H groups in total. The highest BCUT2D eigenvalue weighted by atomic mass is 19.1. The first kappa shape index (κ1) is 72.5. The zero-order chi connectivity index (χ0) is 70.0. The number of halogens is 1. The first-order chi connectivity index (χ1) is 48.6. The topological polar surface area (TPSA) is 192 Å². The Hall–Kier alpha value is -7.33. The average Bonchev–Trinajstić information content (AvgIpc) is 1.33. The summed E-state index contributed by atoms with van der Waals surface area (Å²) in [5.74, 6) is 0.952. The maximum atomic E-state index is 16.2. The molecule has 3 heterocycles. The Morgan fingerprint density at radius 3 is 2.08 bits per heavy atom. The van der Waals surface area contributed by atoms with Crippen LogP contribution in [-0.4, -0.2) is 91.0 Å². The van der Waals surface area contributed by atoms with Crippen LogP contribution in [0.15, 0.2) is 110 Å². The quantitative estimate of drug-likeness (QED) is 0.0246. The van der Waals surface area contributed by atoms with E-state index < -0.39 is 6.04 Å². The standard InChI is InChI=1S/C84H113FN8O7/c1-8-12-36-64-77-68(41-40-63-53(6)67(85)45-69(76(63)77)92-78(64)52(5)43-65-62(9-2)81(59-32-22-33-59)99-50-66(65)54(7)94)91-80(58-30-21-31-58)82(60-38-39-60)100-51-89-73(96)48-88-79(57-28-20-29-57)70(44-55-24-15-13-16-25-55)90-74(97)49-86-71(56-26-19-27-56)47-87-72(95)37-17-14-18-42-93-75(98)46-84(10-3,11-4)83(93)61-34-23-35-61/h13,15-16,24-25,43,45,60,62,68,70,82,86,88,91H,8-12,14,17-23,26-42,44,46-51H2,1-7H3,(H,87,95)(H,89,96)(H,90,97)/b52-43+/t62-,68+,70+,82?/m1/s1. The molecule has 16 heteroatoms. The van der Waals surface area contributed by atoms with E-state index in [1.807, 2.05) is 25.1 Å². The van der Waals surface area contributed by atoms with E-state index in [9.17, 15) is 24.0 Å². The van der Waals surface area contributed by atoms with Crippen LogP contribution < -0.4 is 31.9 Å². The predicted molar refractivity (Wildman–Crippen MR) is 394 cm³/mol. The Labute approximate surface area is 594 Å². The number of ether oxygens (including phenoxy) is 2. The second-order valence-corrected chi connectivity index (χ2v) is 30.4. The minimum Gasteiger partial charge on any atom is -0.493 e. The highest BCUT2D eigenvalue weighted by molar-refractivity contribution is 5.96. The Balaban J connectivity index is 0.694. The summed E-state index contributed by atoms with van der Waals surface area (Å²) in [7, 11) is 0. The van der Waals surface area contributed by atoms with Crippen molar-refractivity contribution in [3.8, 4) is 0 Å². The molecule has 4 atom stereocenters. The summed E-state index contributed by atoms with van der Waals surface area (Å²) in [5.41, 5.74) is 20.2. The van der Waals surface area contributed by atoms with Gasteiger partial charge in [0.1, 0.15) is 31.0 Å². The number of ketones is 1. The number of hydrogen-bond donors (Lipinski definition) is 6. The van der Waals surface area contributed by atoms with E-state index >= 15 is 4.39 Å². The molecule has 9 aliphatic rings. The van der Waals surface area contributed by atoms with Crippen molar-refractivity contribution in [2.24, 2.45) is 17.3 Å². The second kappa shape index (κ2) is 33.2. The molecule has 0 spiro atoms. The summed E-state index contributed by atoms with van der Waals surface area (Å²) in [4.78, 5) is 76.1. The van der Waals surface area contributed by atoms with Crippen LogP contribution in [0.1, 0.15) is 261 Å². The number of amides is 4. The number of hydrogen-bond acceptors (Lipinski definition) is 11. The SMILES string of the molecule is CCCCc1c(/C(C)=C/C2=C(C(C)=O)COC(=C3CCC3)[C@@H]2CC)nc2cc(F)c(C)c3c2c1[C@@H](NC(=C1CCC1)C(OCNC(=O)CNC(=C1CCC1)[C@H](Cc1ccccc1)NC(=O)CNC(CNC(=O)CCCCCN1C(=O)CC(CC)(CC)C1=C1CCC1)=C1CCC1)C1CC1)CC3. The Kier molecular flexibility index (Phi) is 24.1. The molecule has 12 rings (SSSR count). The zero-order valence-electron chi connectivity index (χ0n) is 61.2. The van der Waals surface area contributed by atoms with Crippen molar-refractivity contribution in [3.05, 3.63) is 149 Å². The van der Waals surface area contributed by atoms with Crippen LogP contribution in [-0.2, 0) is 52.7 Å². The minimum atomic E-state index is -0.418. The number of allylic oxidation sites excluding steroid dienone is 9. The first-order valence-corrected chi connectivity index (χ1v) is 38.9. The molecule has 2 aromatic carbocycles. The number of pyridine rings is 1. The molecule has 1 saturated heterocycles. The highest BCUT2D eigenvalue weighted by Gasteiger charge is 2.47. The van der Waals surface area contributed by atoms with Crippen LogP contribution in [0.25, 0.3) is 16.5 Å². The molecule has 15 nitrogen and oxygen atoms in total. The molecule has 7 aliphatic carbocycles. The minimum absolute atomic E-state index is 0.00299. The van der Waals surface area contributed by atoms with E-state index in [1.54, 1.807) is 13.0 Å². The number of carbonyl (C=O) groups excluding carboxylic acids is 5. The molecule has 0 radical (unpaired) electrons. The third-order valence-corrected chi connectivity index (χ3v) is 23.9. The van der Waals surface area contributed by atoms with Gasteiger partial charge in [0.2, 0.25) is 23.6 Å². The van der Waals surface area contributed by atoms with Gasteiger partial charge in [0, 0.05) is 70.5 Å². The number of likely N-dealkylation sites (tertiary alicyclic amines) is 1. The molecule has 6 saturated carbocycles.